The molecule has 1 aliphatic rings. The van der Waals surface area contributed by atoms with Gasteiger partial charge >= 0.3 is 0 Å². The number of hydrogen-bond acceptors (Lipinski definition) is 4. The molecule has 0 spiro atoms. The van der Waals surface area contributed by atoms with E-state index in [9.17, 15) is 9.90 Å². The smallest absolute Gasteiger partial charge is 0.236 e. The second-order valence-corrected chi connectivity index (χ2v) is 6.90. The summed E-state index contributed by atoms with van der Waals surface area (Å²) >= 11 is 1.80. The lowest BCUT2D eigenvalue weighted by Gasteiger charge is -2.39. The minimum Gasteiger partial charge on any atom is -0.393 e. The van der Waals surface area contributed by atoms with Crippen LogP contribution in [-0.4, -0.2) is 46.8 Å². The Bertz CT molecular complexity index is 459. The van der Waals surface area contributed by atoms with Gasteiger partial charge in [0.05, 0.1) is 6.10 Å². The number of aliphatic hydroxyl groups is 1. The molecule has 1 amide bonds. The molecule has 0 saturated carbocycles. The van der Waals surface area contributed by atoms with E-state index in [1.54, 1.807) is 18.3 Å². The van der Waals surface area contributed by atoms with Gasteiger partial charge < -0.3 is 5.11 Å². The van der Waals surface area contributed by atoms with Gasteiger partial charge in [-0.3, -0.25) is 9.80 Å². The van der Waals surface area contributed by atoms with Gasteiger partial charge in [0.2, 0.25) is 5.91 Å². The molecule has 1 fully saturated rings. The van der Waals surface area contributed by atoms with Gasteiger partial charge in [0.25, 0.3) is 0 Å². The zero-order valence-electron chi connectivity index (χ0n) is 13.0. The summed E-state index contributed by atoms with van der Waals surface area (Å²) < 4.78 is 0. The van der Waals surface area contributed by atoms with Crippen molar-refractivity contribution in [3.8, 4) is 0 Å². The number of thiophene rings is 1. The second-order valence-electron chi connectivity index (χ2n) is 5.91. The molecular formula is C16H26N2O2S. The van der Waals surface area contributed by atoms with Crippen LogP contribution in [0.3, 0.4) is 0 Å². The van der Waals surface area contributed by atoms with E-state index in [0.29, 0.717) is 12.8 Å². The molecule has 1 saturated heterocycles. The van der Waals surface area contributed by atoms with Crippen LogP contribution in [0.15, 0.2) is 11.4 Å². The summed E-state index contributed by atoms with van der Waals surface area (Å²) in [6.45, 7) is 6.40. The number of aryl methyl sites for hydroxylation is 2. The van der Waals surface area contributed by atoms with Gasteiger partial charge in [0.15, 0.2) is 0 Å². The van der Waals surface area contributed by atoms with E-state index < -0.39 is 0 Å². The van der Waals surface area contributed by atoms with Crippen LogP contribution in [0.4, 0.5) is 0 Å². The van der Waals surface area contributed by atoms with Gasteiger partial charge in [-0.2, -0.15) is 0 Å². The third-order valence-electron chi connectivity index (χ3n) is 3.82. The van der Waals surface area contributed by atoms with E-state index in [0.717, 1.165) is 38.9 Å². The van der Waals surface area contributed by atoms with Crippen molar-refractivity contribution in [2.75, 3.05) is 19.6 Å². The van der Waals surface area contributed by atoms with Crippen molar-refractivity contribution < 1.29 is 9.90 Å². The van der Waals surface area contributed by atoms with Gasteiger partial charge in [-0.15, -0.1) is 11.3 Å². The standard InChI is InChI=1S/C16H26N2O2S/c1-13-11-15(21-12-13)5-3-9-18-16(20)6-4-8-17(18)10-7-14(2)19/h11-12,14,19H,3-10H2,1-2H3. The predicted octanol–water partition coefficient (Wildman–Crippen LogP) is 2.60. The first-order chi connectivity index (χ1) is 10.1. The molecule has 118 valence electrons. The van der Waals surface area contributed by atoms with Crippen LogP contribution in [0.5, 0.6) is 0 Å². The fourth-order valence-electron chi connectivity index (χ4n) is 2.68. The summed E-state index contributed by atoms with van der Waals surface area (Å²) in [7, 11) is 0. The van der Waals surface area contributed by atoms with E-state index in [-0.39, 0.29) is 12.0 Å². The lowest BCUT2D eigenvalue weighted by atomic mass is 10.2. The lowest BCUT2D eigenvalue weighted by molar-refractivity contribution is -0.156. The molecule has 21 heavy (non-hydrogen) atoms. The minimum atomic E-state index is -0.307. The SMILES string of the molecule is Cc1csc(CCCN2C(=O)CCCN2CCC(C)O)c1. The third kappa shape index (κ3) is 5.09. The molecule has 1 N–H and O–H groups in total. The molecule has 0 aromatic carbocycles. The monoisotopic (exact) mass is 310 g/mol. The molecule has 1 aromatic rings. The largest absolute Gasteiger partial charge is 0.393 e. The summed E-state index contributed by atoms with van der Waals surface area (Å²) in [5.41, 5.74) is 1.32. The number of aliphatic hydroxyl groups excluding tert-OH is 1. The normalized spacial score (nSPS) is 18.2. The highest BCUT2D eigenvalue weighted by molar-refractivity contribution is 7.10. The summed E-state index contributed by atoms with van der Waals surface area (Å²) in [6.07, 6.45) is 4.03. The third-order valence-corrected chi connectivity index (χ3v) is 4.93. The number of carbonyl (C=O) groups is 1. The molecule has 2 heterocycles. The molecule has 0 aliphatic carbocycles. The van der Waals surface area contributed by atoms with Crippen LogP contribution in [0.25, 0.3) is 0 Å². The van der Waals surface area contributed by atoms with E-state index in [1.807, 2.05) is 5.01 Å². The zero-order chi connectivity index (χ0) is 15.2. The van der Waals surface area contributed by atoms with Gasteiger partial charge in [-0.05, 0) is 56.5 Å². The van der Waals surface area contributed by atoms with Crippen molar-refractivity contribution in [2.45, 2.75) is 52.1 Å². The van der Waals surface area contributed by atoms with E-state index in [2.05, 4.69) is 23.4 Å². The van der Waals surface area contributed by atoms with Gasteiger partial charge in [0, 0.05) is 30.9 Å². The molecule has 2 rings (SSSR count). The maximum atomic E-state index is 12.1. The van der Waals surface area contributed by atoms with Crippen LogP contribution in [0.1, 0.15) is 43.0 Å². The zero-order valence-corrected chi connectivity index (χ0v) is 13.9. The maximum absolute atomic E-state index is 12.1. The minimum absolute atomic E-state index is 0.231. The van der Waals surface area contributed by atoms with E-state index in [4.69, 9.17) is 0 Å². The van der Waals surface area contributed by atoms with Crippen molar-refractivity contribution in [3.05, 3.63) is 21.9 Å². The van der Waals surface area contributed by atoms with Crippen molar-refractivity contribution >= 4 is 17.2 Å². The van der Waals surface area contributed by atoms with Crippen molar-refractivity contribution in [2.24, 2.45) is 0 Å². The molecule has 1 atom stereocenters. The Hall–Kier alpha value is -0.910. The summed E-state index contributed by atoms with van der Waals surface area (Å²) in [4.78, 5) is 13.5. The molecule has 1 unspecified atom stereocenters. The number of rotatable bonds is 7. The van der Waals surface area contributed by atoms with Crippen molar-refractivity contribution in [3.63, 3.8) is 0 Å². The highest BCUT2D eigenvalue weighted by Gasteiger charge is 2.25. The molecule has 5 heteroatoms. The Morgan fingerprint density at radius 3 is 2.90 bits per heavy atom. The number of amides is 1. The Morgan fingerprint density at radius 2 is 2.24 bits per heavy atom. The van der Waals surface area contributed by atoms with E-state index >= 15 is 0 Å². The van der Waals surface area contributed by atoms with Crippen LogP contribution in [0, 0.1) is 6.92 Å². The predicted molar refractivity (Wildman–Crippen MR) is 86.2 cm³/mol. The molecule has 1 aromatic heterocycles. The van der Waals surface area contributed by atoms with Crippen molar-refractivity contribution in [1.82, 2.24) is 10.0 Å². The first-order valence-electron chi connectivity index (χ1n) is 7.83. The topological polar surface area (TPSA) is 43.8 Å². The van der Waals surface area contributed by atoms with Gasteiger partial charge in [0.1, 0.15) is 0 Å². The summed E-state index contributed by atoms with van der Waals surface area (Å²) in [5.74, 6) is 0.231. The van der Waals surface area contributed by atoms with E-state index in [1.165, 1.54) is 10.4 Å². The highest BCUT2D eigenvalue weighted by Crippen LogP contribution is 2.18. The molecule has 0 radical (unpaired) electrons. The van der Waals surface area contributed by atoms with Crippen LogP contribution in [-0.2, 0) is 11.2 Å². The fourth-order valence-corrected chi connectivity index (χ4v) is 3.60. The Balaban J connectivity index is 1.83. The van der Waals surface area contributed by atoms with Crippen LogP contribution >= 0.6 is 11.3 Å². The number of nitrogens with zero attached hydrogens (tertiary/aromatic N) is 2. The summed E-state index contributed by atoms with van der Waals surface area (Å²) in [5, 5.41) is 15.6. The highest BCUT2D eigenvalue weighted by atomic mass is 32.1. The first-order valence-corrected chi connectivity index (χ1v) is 8.71. The number of carbonyl (C=O) groups excluding carboxylic acids is 1. The molecule has 0 bridgehead atoms. The Labute approximate surface area is 131 Å². The van der Waals surface area contributed by atoms with Crippen molar-refractivity contribution in [1.29, 1.82) is 0 Å². The maximum Gasteiger partial charge on any atom is 0.236 e. The summed E-state index contributed by atoms with van der Waals surface area (Å²) in [6, 6.07) is 2.23. The lowest BCUT2D eigenvalue weighted by Crippen LogP contribution is -2.51. The van der Waals surface area contributed by atoms with Crippen LogP contribution < -0.4 is 0 Å². The molecule has 1 aliphatic heterocycles. The Kier molecular flexibility index (Phi) is 6.21. The number of hydrogen-bond donors (Lipinski definition) is 1. The fraction of sp³-hybridized carbons (Fsp3) is 0.688. The first kappa shape index (κ1) is 16.5. The average Bonchev–Trinajstić information content (AvgIpc) is 2.84. The van der Waals surface area contributed by atoms with Gasteiger partial charge in [-0.1, -0.05) is 0 Å². The second kappa shape index (κ2) is 7.92. The Morgan fingerprint density at radius 1 is 1.43 bits per heavy atom. The quantitative estimate of drug-likeness (QED) is 0.842. The van der Waals surface area contributed by atoms with Crippen LogP contribution in [0.2, 0.25) is 0 Å². The average molecular weight is 310 g/mol. The molecular weight excluding hydrogens is 284 g/mol. The molecule has 4 nitrogen and oxygen atoms in total. The van der Waals surface area contributed by atoms with Gasteiger partial charge in [-0.25, -0.2) is 5.01 Å². The number of hydrazine groups is 1.